The summed E-state index contributed by atoms with van der Waals surface area (Å²) in [5.74, 6) is 1.61. The van der Waals surface area contributed by atoms with Gasteiger partial charge in [-0.3, -0.25) is 0 Å². The van der Waals surface area contributed by atoms with Gasteiger partial charge in [0.15, 0.2) is 0 Å². The number of benzene rings is 1. The maximum Gasteiger partial charge on any atom is 0.229 e. The molecule has 2 aromatic rings. The molecule has 0 unspecified atom stereocenters. The summed E-state index contributed by atoms with van der Waals surface area (Å²) in [5, 5.41) is 7.02. The fourth-order valence-corrected chi connectivity index (χ4v) is 3.40. The fourth-order valence-electron chi connectivity index (χ4n) is 3.40. The van der Waals surface area contributed by atoms with E-state index in [0.717, 1.165) is 23.6 Å². The summed E-state index contributed by atoms with van der Waals surface area (Å²) >= 11 is 0. The highest BCUT2D eigenvalue weighted by atomic mass is 15.1. The highest BCUT2D eigenvalue weighted by Crippen LogP contribution is 2.23. The molecule has 1 aromatic heterocycles. The van der Waals surface area contributed by atoms with Crippen molar-refractivity contribution >= 4 is 17.5 Å². The number of hydrogen-bond acceptors (Lipinski definition) is 4. The minimum atomic E-state index is 0.539. The number of para-hydroxylation sites is 1. The van der Waals surface area contributed by atoms with Crippen LogP contribution < -0.4 is 10.6 Å². The zero-order valence-corrected chi connectivity index (χ0v) is 14.8. The van der Waals surface area contributed by atoms with Crippen LogP contribution in [0, 0.1) is 6.92 Å². The number of nitrogens with one attached hydrogen (secondary N) is 2. The van der Waals surface area contributed by atoms with E-state index in [4.69, 9.17) is 4.98 Å². The van der Waals surface area contributed by atoms with Crippen LogP contribution in [0.5, 0.6) is 0 Å². The molecule has 1 aromatic carbocycles. The molecule has 128 valence electrons. The molecule has 0 radical (unpaired) electrons. The quantitative estimate of drug-likeness (QED) is 0.740. The molecule has 0 spiro atoms. The van der Waals surface area contributed by atoms with Crippen LogP contribution in [-0.4, -0.2) is 16.0 Å². The van der Waals surface area contributed by atoms with Gasteiger partial charge in [0.05, 0.1) is 0 Å². The first kappa shape index (κ1) is 16.7. The molecule has 1 heterocycles. The van der Waals surface area contributed by atoms with Gasteiger partial charge in [0.1, 0.15) is 5.82 Å². The van der Waals surface area contributed by atoms with Crippen molar-refractivity contribution in [1.29, 1.82) is 0 Å². The Morgan fingerprint density at radius 1 is 1.04 bits per heavy atom. The summed E-state index contributed by atoms with van der Waals surface area (Å²) in [6.07, 6.45) is 8.83. The van der Waals surface area contributed by atoms with Crippen molar-refractivity contribution in [3.8, 4) is 0 Å². The van der Waals surface area contributed by atoms with Crippen molar-refractivity contribution in [3.05, 3.63) is 41.6 Å². The van der Waals surface area contributed by atoms with E-state index in [2.05, 4.69) is 40.7 Å². The first-order chi connectivity index (χ1) is 11.7. The molecule has 0 bridgehead atoms. The standard InChI is InChI=1S/C20H28N4/c1-3-16-10-8-9-13-18(16)23-20-21-15(2)14-19(24-20)22-17-11-6-4-5-7-12-17/h8-10,13-14,17H,3-7,11-12H2,1-2H3,(H2,21,22,23,24). The third-order valence-corrected chi connectivity index (χ3v) is 4.71. The van der Waals surface area contributed by atoms with Crippen molar-refractivity contribution in [2.45, 2.75) is 64.8 Å². The zero-order valence-electron chi connectivity index (χ0n) is 14.8. The van der Waals surface area contributed by atoms with Gasteiger partial charge in [0.2, 0.25) is 5.95 Å². The number of aromatic nitrogens is 2. The van der Waals surface area contributed by atoms with Gasteiger partial charge in [-0.05, 0) is 37.8 Å². The van der Waals surface area contributed by atoms with Crippen molar-refractivity contribution in [2.24, 2.45) is 0 Å². The van der Waals surface area contributed by atoms with Crippen molar-refractivity contribution in [1.82, 2.24) is 9.97 Å². The topological polar surface area (TPSA) is 49.8 Å². The molecular formula is C20H28N4. The van der Waals surface area contributed by atoms with Crippen LogP contribution in [0.1, 0.15) is 56.7 Å². The van der Waals surface area contributed by atoms with Crippen LogP contribution in [-0.2, 0) is 6.42 Å². The Hall–Kier alpha value is -2.10. The molecule has 2 N–H and O–H groups in total. The summed E-state index contributed by atoms with van der Waals surface area (Å²) < 4.78 is 0. The Labute approximate surface area is 145 Å². The molecule has 0 amide bonds. The maximum atomic E-state index is 4.70. The lowest BCUT2D eigenvalue weighted by atomic mass is 10.1. The molecule has 0 saturated heterocycles. The number of hydrogen-bond donors (Lipinski definition) is 2. The second kappa shape index (κ2) is 8.13. The SMILES string of the molecule is CCc1ccccc1Nc1nc(C)cc(NC2CCCCCC2)n1. The third-order valence-electron chi connectivity index (χ3n) is 4.71. The first-order valence-electron chi connectivity index (χ1n) is 9.21. The highest BCUT2D eigenvalue weighted by molar-refractivity contribution is 5.59. The van der Waals surface area contributed by atoms with Crippen LogP contribution in [0.2, 0.25) is 0 Å². The van der Waals surface area contributed by atoms with Crippen LogP contribution in [0.25, 0.3) is 0 Å². The smallest absolute Gasteiger partial charge is 0.229 e. The lowest BCUT2D eigenvalue weighted by molar-refractivity contribution is 0.617. The maximum absolute atomic E-state index is 4.70. The molecule has 1 aliphatic carbocycles. The predicted molar refractivity (Wildman–Crippen MR) is 101 cm³/mol. The average Bonchev–Trinajstić information content (AvgIpc) is 2.83. The molecule has 4 nitrogen and oxygen atoms in total. The van der Waals surface area contributed by atoms with E-state index in [1.807, 2.05) is 19.1 Å². The summed E-state index contributed by atoms with van der Waals surface area (Å²) in [4.78, 5) is 9.25. The lowest BCUT2D eigenvalue weighted by Gasteiger charge is -2.18. The van der Waals surface area contributed by atoms with Gasteiger partial charge in [-0.25, -0.2) is 4.98 Å². The molecule has 1 fully saturated rings. The van der Waals surface area contributed by atoms with Gasteiger partial charge < -0.3 is 10.6 Å². The number of anilines is 3. The van der Waals surface area contributed by atoms with Crippen molar-refractivity contribution < 1.29 is 0 Å². The van der Waals surface area contributed by atoms with E-state index >= 15 is 0 Å². The van der Waals surface area contributed by atoms with Crippen molar-refractivity contribution in [3.63, 3.8) is 0 Å². The molecule has 1 saturated carbocycles. The van der Waals surface area contributed by atoms with Gasteiger partial charge in [-0.15, -0.1) is 0 Å². The highest BCUT2D eigenvalue weighted by Gasteiger charge is 2.13. The summed E-state index contributed by atoms with van der Waals surface area (Å²) in [5.41, 5.74) is 3.35. The van der Waals surface area contributed by atoms with Gasteiger partial charge in [-0.1, -0.05) is 50.8 Å². The van der Waals surface area contributed by atoms with E-state index in [1.165, 1.54) is 44.1 Å². The molecule has 0 aliphatic heterocycles. The third kappa shape index (κ3) is 4.47. The van der Waals surface area contributed by atoms with Gasteiger partial charge in [0.25, 0.3) is 0 Å². The fraction of sp³-hybridized carbons (Fsp3) is 0.500. The molecule has 1 aliphatic rings. The van der Waals surface area contributed by atoms with Crippen LogP contribution in [0.3, 0.4) is 0 Å². The molecule has 24 heavy (non-hydrogen) atoms. The minimum absolute atomic E-state index is 0.539. The molecule has 3 rings (SSSR count). The summed E-state index contributed by atoms with van der Waals surface area (Å²) in [7, 11) is 0. The second-order valence-electron chi connectivity index (χ2n) is 6.69. The Morgan fingerprint density at radius 2 is 1.79 bits per heavy atom. The van der Waals surface area contributed by atoms with E-state index in [0.29, 0.717) is 12.0 Å². The summed E-state index contributed by atoms with van der Waals surface area (Å²) in [6, 6.07) is 10.9. The molecule has 0 atom stereocenters. The van der Waals surface area contributed by atoms with E-state index in [1.54, 1.807) is 0 Å². The molecule has 4 heteroatoms. The number of nitrogens with zero attached hydrogens (tertiary/aromatic N) is 2. The normalized spacial score (nSPS) is 15.8. The minimum Gasteiger partial charge on any atom is -0.367 e. The number of rotatable bonds is 5. The van der Waals surface area contributed by atoms with Gasteiger partial charge >= 0.3 is 0 Å². The Kier molecular flexibility index (Phi) is 5.68. The summed E-state index contributed by atoms with van der Waals surface area (Å²) in [6.45, 7) is 4.19. The Morgan fingerprint density at radius 3 is 2.54 bits per heavy atom. The molecular weight excluding hydrogens is 296 g/mol. The van der Waals surface area contributed by atoms with E-state index < -0.39 is 0 Å². The Balaban J connectivity index is 1.75. The average molecular weight is 324 g/mol. The zero-order chi connectivity index (χ0) is 16.8. The predicted octanol–water partition coefficient (Wildman–Crippen LogP) is 5.23. The van der Waals surface area contributed by atoms with Gasteiger partial charge in [0, 0.05) is 23.5 Å². The first-order valence-corrected chi connectivity index (χ1v) is 9.21. The van der Waals surface area contributed by atoms with E-state index in [9.17, 15) is 0 Å². The van der Waals surface area contributed by atoms with Crippen LogP contribution >= 0.6 is 0 Å². The monoisotopic (exact) mass is 324 g/mol. The van der Waals surface area contributed by atoms with Crippen molar-refractivity contribution in [2.75, 3.05) is 10.6 Å². The van der Waals surface area contributed by atoms with Crippen LogP contribution in [0.15, 0.2) is 30.3 Å². The van der Waals surface area contributed by atoms with Crippen LogP contribution in [0.4, 0.5) is 17.5 Å². The lowest BCUT2D eigenvalue weighted by Crippen LogP contribution is -2.19. The van der Waals surface area contributed by atoms with Gasteiger partial charge in [-0.2, -0.15) is 4.98 Å². The number of aryl methyl sites for hydroxylation is 2. The largest absolute Gasteiger partial charge is 0.367 e. The van der Waals surface area contributed by atoms with E-state index in [-0.39, 0.29) is 0 Å². The second-order valence-corrected chi connectivity index (χ2v) is 6.69. The Bertz CT molecular complexity index is 660.